The van der Waals surface area contributed by atoms with E-state index >= 15 is 0 Å². The van der Waals surface area contributed by atoms with Crippen LogP contribution in [0.15, 0.2) is 23.3 Å². The molecule has 1 N–H and O–H groups in total. The van der Waals surface area contributed by atoms with Crippen molar-refractivity contribution in [1.82, 2.24) is 19.4 Å². The Morgan fingerprint density at radius 2 is 2.00 bits per heavy atom. The quantitative estimate of drug-likeness (QED) is 0.754. The normalized spacial score (nSPS) is 16.5. The maximum atomic E-state index is 12.2. The molecule has 8 nitrogen and oxygen atoms in total. The van der Waals surface area contributed by atoms with Gasteiger partial charge in [-0.1, -0.05) is 0 Å². The monoisotopic (exact) mass is 294 g/mol. The van der Waals surface area contributed by atoms with Crippen molar-refractivity contribution in [2.24, 2.45) is 0 Å². The van der Waals surface area contributed by atoms with Gasteiger partial charge in [0.05, 0.1) is 6.54 Å². The summed E-state index contributed by atoms with van der Waals surface area (Å²) in [7, 11) is 0. The molecule has 0 saturated carbocycles. The molecule has 1 fully saturated rings. The van der Waals surface area contributed by atoms with Crippen LogP contribution in [0.2, 0.25) is 0 Å². The van der Waals surface area contributed by atoms with Gasteiger partial charge in [0, 0.05) is 38.6 Å². The second-order valence-corrected chi connectivity index (χ2v) is 4.93. The minimum atomic E-state index is -0.864. The van der Waals surface area contributed by atoms with Gasteiger partial charge in [0.15, 0.2) is 0 Å². The summed E-state index contributed by atoms with van der Waals surface area (Å²) in [6.45, 7) is 2.18. The van der Waals surface area contributed by atoms with Gasteiger partial charge >= 0.3 is 11.7 Å². The fourth-order valence-electron chi connectivity index (χ4n) is 2.32. The fourth-order valence-corrected chi connectivity index (χ4v) is 2.32. The van der Waals surface area contributed by atoms with Gasteiger partial charge in [-0.05, 0) is 12.5 Å². The van der Waals surface area contributed by atoms with Crippen LogP contribution in [0.4, 0.5) is 0 Å². The van der Waals surface area contributed by atoms with E-state index in [4.69, 9.17) is 5.11 Å². The summed E-state index contributed by atoms with van der Waals surface area (Å²) in [6, 6.07) is 1.60. The maximum absolute atomic E-state index is 12.2. The molecule has 1 amide bonds. The van der Waals surface area contributed by atoms with Crippen LogP contribution >= 0.6 is 0 Å². The van der Waals surface area contributed by atoms with Crippen molar-refractivity contribution in [3.63, 3.8) is 0 Å². The third-order valence-corrected chi connectivity index (χ3v) is 3.39. The fraction of sp³-hybridized carbons (Fsp3) is 0.538. The molecule has 1 aliphatic rings. The zero-order chi connectivity index (χ0) is 15.2. The predicted octanol–water partition coefficient (Wildman–Crippen LogP) is -1.14. The standard InChI is InChI=1S/C13H18N4O4/c18-11(9-17-5-1-3-14-13(17)21)16-6-2-4-15(7-8-16)10-12(19)20/h1,3,5H,2,4,6-10H2,(H,19,20). The van der Waals surface area contributed by atoms with Crippen molar-refractivity contribution in [3.8, 4) is 0 Å². The lowest BCUT2D eigenvalue weighted by Gasteiger charge is -2.21. The molecule has 0 spiro atoms. The van der Waals surface area contributed by atoms with E-state index in [0.717, 1.165) is 6.42 Å². The van der Waals surface area contributed by atoms with Crippen LogP contribution < -0.4 is 5.69 Å². The molecule has 0 unspecified atom stereocenters. The highest BCUT2D eigenvalue weighted by atomic mass is 16.4. The third-order valence-electron chi connectivity index (χ3n) is 3.39. The number of carboxylic acid groups (broad SMARTS) is 1. The van der Waals surface area contributed by atoms with Gasteiger partial charge in [-0.3, -0.25) is 19.1 Å². The molecule has 21 heavy (non-hydrogen) atoms. The van der Waals surface area contributed by atoms with Crippen LogP contribution in [0.3, 0.4) is 0 Å². The molecule has 2 rings (SSSR count). The van der Waals surface area contributed by atoms with Crippen LogP contribution in [0.5, 0.6) is 0 Å². The Morgan fingerprint density at radius 3 is 2.71 bits per heavy atom. The highest BCUT2D eigenvalue weighted by molar-refractivity contribution is 5.76. The summed E-state index contributed by atoms with van der Waals surface area (Å²) < 4.78 is 1.27. The van der Waals surface area contributed by atoms with E-state index in [9.17, 15) is 14.4 Å². The van der Waals surface area contributed by atoms with Crippen LogP contribution in [0.25, 0.3) is 0 Å². The summed E-state index contributed by atoms with van der Waals surface area (Å²) in [4.78, 5) is 41.5. The van der Waals surface area contributed by atoms with E-state index in [1.165, 1.54) is 17.0 Å². The lowest BCUT2D eigenvalue weighted by atomic mass is 10.3. The SMILES string of the molecule is O=C(O)CN1CCCN(C(=O)Cn2cccnc2=O)CC1. The number of carboxylic acids is 1. The molecule has 0 atom stereocenters. The number of hydrogen-bond donors (Lipinski definition) is 1. The first-order chi connectivity index (χ1) is 10.1. The Labute approximate surface area is 121 Å². The zero-order valence-electron chi connectivity index (χ0n) is 11.6. The molecule has 1 aromatic heterocycles. The summed E-state index contributed by atoms with van der Waals surface area (Å²) in [5, 5.41) is 8.79. The van der Waals surface area contributed by atoms with Gasteiger partial charge < -0.3 is 10.0 Å². The lowest BCUT2D eigenvalue weighted by molar-refractivity contribution is -0.138. The van der Waals surface area contributed by atoms with Crippen molar-refractivity contribution in [3.05, 3.63) is 28.9 Å². The molecule has 8 heteroatoms. The van der Waals surface area contributed by atoms with Crippen molar-refractivity contribution >= 4 is 11.9 Å². The highest BCUT2D eigenvalue weighted by Crippen LogP contribution is 2.04. The van der Waals surface area contributed by atoms with Crippen LogP contribution in [-0.4, -0.2) is 69.1 Å². The number of carbonyl (C=O) groups excluding carboxylic acids is 1. The molecular formula is C13H18N4O4. The molecule has 0 aliphatic carbocycles. The third kappa shape index (κ3) is 4.38. The zero-order valence-corrected chi connectivity index (χ0v) is 11.6. The Morgan fingerprint density at radius 1 is 1.19 bits per heavy atom. The van der Waals surface area contributed by atoms with E-state index < -0.39 is 11.7 Å². The molecular weight excluding hydrogens is 276 g/mol. The summed E-state index contributed by atoms with van der Waals surface area (Å²) in [5.41, 5.74) is -0.451. The van der Waals surface area contributed by atoms with E-state index in [1.807, 2.05) is 4.90 Å². The number of hydrogen-bond acceptors (Lipinski definition) is 5. The Hall–Kier alpha value is -2.22. The Bertz CT molecular complexity index is 571. The number of nitrogens with zero attached hydrogens (tertiary/aromatic N) is 4. The topological polar surface area (TPSA) is 95.7 Å². The van der Waals surface area contributed by atoms with E-state index in [0.29, 0.717) is 26.2 Å². The number of amides is 1. The van der Waals surface area contributed by atoms with Gasteiger partial charge in [0.2, 0.25) is 5.91 Å². The number of rotatable bonds is 4. The number of aromatic nitrogens is 2. The van der Waals surface area contributed by atoms with Crippen molar-refractivity contribution in [1.29, 1.82) is 0 Å². The summed E-state index contributed by atoms with van der Waals surface area (Å²) in [5.74, 6) is -1.01. The van der Waals surface area contributed by atoms with Crippen molar-refractivity contribution in [2.75, 3.05) is 32.7 Å². The van der Waals surface area contributed by atoms with Gasteiger partial charge in [-0.2, -0.15) is 0 Å². The minimum Gasteiger partial charge on any atom is -0.480 e. The predicted molar refractivity (Wildman–Crippen MR) is 73.8 cm³/mol. The average molecular weight is 294 g/mol. The molecule has 114 valence electrons. The molecule has 1 saturated heterocycles. The highest BCUT2D eigenvalue weighted by Gasteiger charge is 2.20. The number of aliphatic carboxylic acids is 1. The van der Waals surface area contributed by atoms with E-state index in [-0.39, 0.29) is 19.0 Å². The molecule has 0 aromatic carbocycles. The average Bonchev–Trinajstić information content (AvgIpc) is 2.66. The van der Waals surface area contributed by atoms with Crippen molar-refractivity contribution < 1.29 is 14.7 Å². The van der Waals surface area contributed by atoms with Crippen LogP contribution in [0.1, 0.15) is 6.42 Å². The Kier molecular flexibility index (Phi) is 5.04. The van der Waals surface area contributed by atoms with Gasteiger partial charge in [-0.15, -0.1) is 0 Å². The van der Waals surface area contributed by atoms with Gasteiger partial charge in [-0.25, -0.2) is 9.78 Å². The van der Waals surface area contributed by atoms with Gasteiger partial charge in [0.1, 0.15) is 6.54 Å². The molecule has 1 aliphatic heterocycles. The lowest BCUT2D eigenvalue weighted by Crippen LogP contribution is -2.39. The van der Waals surface area contributed by atoms with Gasteiger partial charge in [0.25, 0.3) is 0 Å². The first kappa shape index (κ1) is 15.2. The minimum absolute atomic E-state index is 0.00983. The maximum Gasteiger partial charge on any atom is 0.347 e. The largest absolute Gasteiger partial charge is 0.480 e. The molecule has 0 radical (unpaired) electrons. The number of carbonyl (C=O) groups is 2. The molecule has 2 heterocycles. The summed E-state index contributed by atoms with van der Waals surface area (Å²) in [6.07, 6.45) is 3.64. The summed E-state index contributed by atoms with van der Waals surface area (Å²) >= 11 is 0. The molecule has 0 bridgehead atoms. The molecule has 1 aromatic rings. The van der Waals surface area contributed by atoms with E-state index in [1.54, 1.807) is 11.0 Å². The van der Waals surface area contributed by atoms with Crippen LogP contribution in [-0.2, 0) is 16.1 Å². The van der Waals surface area contributed by atoms with Crippen LogP contribution in [0, 0.1) is 0 Å². The Balaban J connectivity index is 1.93. The smallest absolute Gasteiger partial charge is 0.347 e. The van der Waals surface area contributed by atoms with E-state index in [2.05, 4.69) is 4.98 Å². The second-order valence-electron chi connectivity index (χ2n) is 4.93. The first-order valence-electron chi connectivity index (χ1n) is 6.79. The second kappa shape index (κ2) is 6.98. The first-order valence-corrected chi connectivity index (χ1v) is 6.79. The van der Waals surface area contributed by atoms with Crippen molar-refractivity contribution in [2.45, 2.75) is 13.0 Å².